The largest absolute Gasteiger partial charge is 0.481 e. The second kappa shape index (κ2) is 13.1. The summed E-state index contributed by atoms with van der Waals surface area (Å²) in [6.07, 6.45) is -2.05. The van der Waals surface area contributed by atoms with Crippen LogP contribution in [0, 0.1) is 0 Å². The number of ether oxygens (including phenoxy) is 1. The second-order valence-electron chi connectivity index (χ2n) is 11.0. The van der Waals surface area contributed by atoms with E-state index >= 15 is 0 Å². The summed E-state index contributed by atoms with van der Waals surface area (Å²) in [7, 11) is 0. The molecule has 0 spiro atoms. The van der Waals surface area contributed by atoms with Gasteiger partial charge in [-0.3, -0.25) is 4.79 Å². The summed E-state index contributed by atoms with van der Waals surface area (Å²) < 4.78 is 5.87. The van der Waals surface area contributed by atoms with E-state index in [1.165, 1.54) is 0 Å². The molecule has 8 heteroatoms. The lowest BCUT2D eigenvalue weighted by atomic mass is 9.80. The molecule has 46 heavy (non-hydrogen) atoms. The van der Waals surface area contributed by atoms with E-state index in [-0.39, 0.29) is 12.5 Å². The SMILES string of the molecule is O=C(O)C[C@@H](C(=O)O)N(OC(c1ccccc1)(c1ccccc1)c1ccccc1)C(=O)OCC1c2ccccc2-c2ccccc21. The van der Waals surface area contributed by atoms with Gasteiger partial charge in [0.2, 0.25) is 0 Å². The third-order valence-electron chi connectivity index (χ3n) is 8.23. The summed E-state index contributed by atoms with van der Waals surface area (Å²) in [5.74, 6) is -3.29. The summed E-state index contributed by atoms with van der Waals surface area (Å²) in [5.41, 5.74) is 4.18. The number of carboxylic acid groups (broad SMARTS) is 2. The maximum Gasteiger partial charge on any atom is 0.434 e. The summed E-state index contributed by atoms with van der Waals surface area (Å²) in [6.45, 7) is -0.124. The molecule has 0 bridgehead atoms. The summed E-state index contributed by atoms with van der Waals surface area (Å²) in [4.78, 5) is 45.4. The smallest absolute Gasteiger partial charge is 0.434 e. The predicted molar refractivity (Wildman–Crippen MR) is 171 cm³/mol. The Morgan fingerprint density at radius 2 is 1.04 bits per heavy atom. The average Bonchev–Trinajstić information content (AvgIpc) is 3.41. The number of carbonyl (C=O) groups is 3. The number of carboxylic acids is 2. The fourth-order valence-corrected chi connectivity index (χ4v) is 6.15. The molecule has 6 rings (SSSR count). The first kappa shape index (κ1) is 30.3. The molecule has 0 aromatic heterocycles. The summed E-state index contributed by atoms with van der Waals surface area (Å²) >= 11 is 0. The highest BCUT2D eigenvalue weighted by Gasteiger charge is 2.46. The molecule has 230 valence electrons. The molecule has 5 aromatic rings. The normalized spacial score (nSPS) is 12.9. The van der Waals surface area contributed by atoms with Gasteiger partial charge in [-0.15, -0.1) is 0 Å². The first-order chi connectivity index (χ1) is 22.4. The van der Waals surface area contributed by atoms with Crippen molar-refractivity contribution in [3.8, 4) is 11.1 Å². The fourth-order valence-electron chi connectivity index (χ4n) is 6.15. The van der Waals surface area contributed by atoms with Gasteiger partial charge in [-0.25, -0.2) is 14.4 Å². The maximum atomic E-state index is 14.1. The van der Waals surface area contributed by atoms with Gasteiger partial charge in [0.05, 0.1) is 6.42 Å². The Kier molecular flexibility index (Phi) is 8.63. The highest BCUT2D eigenvalue weighted by Crippen LogP contribution is 2.45. The zero-order valence-electron chi connectivity index (χ0n) is 24.7. The first-order valence-electron chi connectivity index (χ1n) is 14.8. The van der Waals surface area contributed by atoms with Crippen LogP contribution in [-0.2, 0) is 24.8 Å². The van der Waals surface area contributed by atoms with Crippen molar-refractivity contribution in [2.24, 2.45) is 0 Å². The van der Waals surface area contributed by atoms with Crippen molar-refractivity contribution in [1.29, 1.82) is 0 Å². The van der Waals surface area contributed by atoms with Gasteiger partial charge in [-0.05, 0) is 38.9 Å². The lowest BCUT2D eigenvalue weighted by molar-refractivity contribution is -0.225. The molecule has 0 fully saturated rings. The number of aliphatic carboxylic acids is 2. The molecule has 1 aliphatic carbocycles. The van der Waals surface area contributed by atoms with Gasteiger partial charge in [0.1, 0.15) is 6.61 Å². The van der Waals surface area contributed by atoms with Crippen molar-refractivity contribution in [3.63, 3.8) is 0 Å². The molecule has 0 aliphatic heterocycles. The zero-order chi connectivity index (χ0) is 32.1. The predicted octanol–water partition coefficient (Wildman–Crippen LogP) is 7.09. The van der Waals surface area contributed by atoms with E-state index in [0.717, 1.165) is 22.3 Å². The van der Waals surface area contributed by atoms with Gasteiger partial charge in [-0.2, -0.15) is 5.06 Å². The van der Waals surface area contributed by atoms with E-state index in [0.29, 0.717) is 21.8 Å². The number of hydrogen-bond acceptors (Lipinski definition) is 5. The molecule has 1 atom stereocenters. The number of nitrogens with zero attached hydrogens (tertiary/aromatic N) is 1. The van der Waals surface area contributed by atoms with Crippen LogP contribution in [0.2, 0.25) is 0 Å². The van der Waals surface area contributed by atoms with Crippen LogP contribution in [0.25, 0.3) is 11.1 Å². The number of amides is 1. The Morgan fingerprint density at radius 3 is 1.46 bits per heavy atom. The van der Waals surface area contributed by atoms with Crippen LogP contribution < -0.4 is 0 Å². The van der Waals surface area contributed by atoms with Crippen LogP contribution in [0.1, 0.15) is 40.2 Å². The Hall–Kier alpha value is -5.73. The minimum Gasteiger partial charge on any atom is -0.481 e. The third kappa shape index (κ3) is 5.74. The monoisotopic (exact) mass is 613 g/mol. The minimum atomic E-state index is -1.91. The Bertz CT molecular complexity index is 1700. The Balaban J connectivity index is 1.45. The van der Waals surface area contributed by atoms with E-state index in [1.807, 2.05) is 140 Å². The average molecular weight is 614 g/mol. The van der Waals surface area contributed by atoms with E-state index in [2.05, 4.69) is 0 Å². The van der Waals surface area contributed by atoms with Crippen molar-refractivity contribution in [1.82, 2.24) is 5.06 Å². The van der Waals surface area contributed by atoms with Gasteiger partial charge in [-0.1, -0.05) is 140 Å². The molecule has 1 amide bonds. The molecule has 5 aromatic carbocycles. The quantitative estimate of drug-likeness (QED) is 0.121. The first-order valence-corrected chi connectivity index (χ1v) is 14.8. The standard InChI is InChI=1S/C38H31NO7/c40-35(41)24-34(36(42)43)39(37(44)45-25-33-31-22-12-10-20-29(31)30-21-11-13-23-32(30)33)46-38(26-14-4-1-5-15-26,27-16-6-2-7-17-27)28-18-8-3-9-19-28/h1-23,33-34H,24-25H2,(H,40,41)(H,42,43)/t34-/m0/s1. The maximum absolute atomic E-state index is 14.1. The van der Waals surface area contributed by atoms with Crippen LogP contribution in [0.15, 0.2) is 140 Å². The van der Waals surface area contributed by atoms with Crippen molar-refractivity contribution in [2.45, 2.75) is 24.0 Å². The fraction of sp³-hybridized carbons (Fsp3) is 0.132. The van der Waals surface area contributed by atoms with Crippen LogP contribution >= 0.6 is 0 Å². The van der Waals surface area contributed by atoms with Crippen molar-refractivity contribution >= 4 is 18.0 Å². The van der Waals surface area contributed by atoms with Crippen molar-refractivity contribution in [2.75, 3.05) is 6.61 Å². The Morgan fingerprint density at radius 1 is 0.630 bits per heavy atom. The zero-order valence-corrected chi connectivity index (χ0v) is 24.7. The molecule has 0 heterocycles. The number of carbonyl (C=O) groups excluding carboxylic acids is 1. The lowest BCUT2D eigenvalue weighted by Gasteiger charge is -2.40. The molecule has 0 radical (unpaired) electrons. The second-order valence-corrected chi connectivity index (χ2v) is 11.0. The van der Waals surface area contributed by atoms with Crippen LogP contribution in [0.5, 0.6) is 0 Å². The molecule has 0 unspecified atom stereocenters. The molecule has 2 N–H and O–H groups in total. The van der Waals surface area contributed by atoms with Gasteiger partial charge in [0, 0.05) is 5.92 Å². The van der Waals surface area contributed by atoms with Gasteiger partial charge < -0.3 is 14.9 Å². The van der Waals surface area contributed by atoms with E-state index < -0.39 is 36.1 Å². The van der Waals surface area contributed by atoms with Crippen molar-refractivity contribution < 1.29 is 34.2 Å². The molecule has 0 saturated heterocycles. The van der Waals surface area contributed by atoms with Crippen LogP contribution in [-0.4, -0.2) is 46.0 Å². The summed E-state index contributed by atoms with van der Waals surface area (Å²) in [5, 5.41) is 20.6. The topological polar surface area (TPSA) is 113 Å². The van der Waals surface area contributed by atoms with Crippen LogP contribution in [0.3, 0.4) is 0 Å². The number of benzene rings is 5. The molecule has 8 nitrogen and oxygen atoms in total. The highest BCUT2D eigenvalue weighted by atomic mass is 16.7. The van der Waals surface area contributed by atoms with E-state index in [9.17, 15) is 24.6 Å². The summed E-state index contributed by atoms with van der Waals surface area (Å²) in [6, 6.07) is 40.9. The van der Waals surface area contributed by atoms with Gasteiger partial charge in [0.25, 0.3) is 0 Å². The molecule has 1 aliphatic rings. The Labute approximate surface area is 266 Å². The molecule has 0 saturated carbocycles. The van der Waals surface area contributed by atoms with Gasteiger partial charge >= 0.3 is 18.0 Å². The minimum absolute atomic E-state index is 0.124. The van der Waals surface area contributed by atoms with Gasteiger partial charge in [0.15, 0.2) is 11.6 Å². The van der Waals surface area contributed by atoms with E-state index in [1.54, 1.807) is 0 Å². The van der Waals surface area contributed by atoms with Crippen LogP contribution in [0.4, 0.5) is 4.79 Å². The number of hydrogen-bond donors (Lipinski definition) is 2. The number of hydroxylamine groups is 2. The molecular weight excluding hydrogens is 582 g/mol. The number of rotatable bonds is 11. The number of fused-ring (bicyclic) bond motifs is 3. The molecular formula is C38H31NO7. The van der Waals surface area contributed by atoms with Crippen molar-refractivity contribution in [3.05, 3.63) is 167 Å². The third-order valence-corrected chi connectivity index (χ3v) is 8.23. The lowest BCUT2D eigenvalue weighted by Crippen LogP contribution is -2.51. The highest BCUT2D eigenvalue weighted by molar-refractivity contribution is 5.84. The van der Waals surface area contributed by atoms with E-state index in [4.69, 9.17) is 9.57 Å².